The third-order valence-electron chi connectivity index (χ3n) is 3.88. The van der Waals surface area contributed by atoms with E-state index in [-0.39, 0.29) is 11.9 Å². The molecule has 23 heavy (non-hydrogen) atoms. The van der Waals surface area contributed by atoms with E-state index < -0.39 is 5.92 Å². The molecule has 0 spiro atoms. The van der Waals surface area contributed by atoms with Crippen molar-refractivity contribution < 1.29 is 4.79 Å². The van der Waals surface area contributed by atoms with Crippen molar-refractivity contribution in [3.05, 3.63) is 52.5 Å². The fourth-order valence-corrected chi connectivity index (χ4v) is 3.31. The minimum Gasteiger partial charge on any atom is -0.338 e. The van der Waals surface area contributed by atoms with Crippen LogP contribution in [0.15, 0.2) is 41.9 Å². The summed E-state index contributed by atoms with van der Waals surface area (Å²) in [5.74, 6) is -0.820. The van der Waals surface area contributed by atoms with Crippen LogP contribution in [-0.4, -0.2) is 22.8 Å². The van der Waals surface area contributed by atoms with E-state index in [1.807, 2.05) is 35.7 Å². The van der Waals surface area contributed by atoms with E-state index in [1.54, 1.807) is 18.1 Å². The first-order valence-corrected chi connectivity index (χ1v) is 8.65. The highest BCUT2D eigenvalue weighted by Crippen LogP contribution is 2.26. The maximum Gasteiger partial charge on any atom is 0.240 e. The Kier molecular flexibility index (Phi) is 6.30. The Morgan fingerprint density at radius 3 is 2.70 bits per heavy atom. The van der Waals surface area contributed by atoms with Crippen LogP contribution in [0.2, 0.25) is 0 Å². The van der Waals surface area contributed by atoms with Crippen molar-refractivity contribution >= 4 is 17.2 Å². The predicted molar refractivity (Wildman–Crippen MR) is 91.8 cm³/mol. The van der Waals surface area contributed by atoms with Crippen molar-refractivity contribution in [2.45, 2.75) is 32.2 Å². The van der Waals surface area contributed by atoms with Gasteiger partial charge in [-0.1, -0.05) is 43.7 Å². The van der Waals surface area contributed by atoms with Gasteiger partial charge in [-0.2, -0.15) is 5.26 Å². The first-order valence-electron chi connectivity index (χ1n) is 7.77. The molecule has 0 saturated heterocycles. The maximum absolute atomic E-state index is 12.8. The molecule has 0 aliphatic carbocycles. The van der Waals surface area contributed by atoms with Crippen molar-refractivity contribution in [3.8, 4) is 6.07 Å². The fourth-order valence-electron chi connectivity index (χ4n) is 2.65. The zero-order valence-electron chi connectivity index (χ0n) is 13.5. The quantitative estimate of drug-likeness (QED) is 0.776. The summed E-state index contributed by atoms with van der Waals surface area (Å²) in [6, 6.07) is 12.1. The lowest BCUT2D eigenvalue weighted by Gasteiger charge is -2.30. The highest BCUT2D eigenvalue weighted by Gasteiger charge is 2.28. The van der Waals surface area contributed by atoms with Crippen LogP contribution in [0, 0.1) is 17.2 Å². The molecule has 0 saturated carbocycles. The van der Waals surface area contributed by atoms with Crippen molar-refractivity contribution in [3.63, 3.8) is 0 Å². The van der Waals surface area contributed by atoms with Gasteiger partial charge in [-0.3, -0.25) is 4.79 Å². The monoisotopic (exact) mass is 327 g/mol. The summed E-state index contributed by atoms with van der Waals surface area (Å²) in [6.45, 7) is 2.10. The third-order valence-corrected chi connectivity index (χ3v) is 4.68. The van der Waals surface area contributed by atoms with Gasteiger partial charge in [0.25, 0.3) is 0 Å². The minimum atomic E-state index is -0.686. The third kappa shape index (κ3) is 4.40. The molecule has 4 nitrogen and oxygen atoms in total. The number of aromatic nitrogens is 1. The molecule has 2 aromatic rings. The van der Waals surface area contributed by atoms with Crippen molar-refractivity contribution in [1.82, 2.24) is 9.88 Å². The molecular formula is C18H21N3OS. The van der Waals surface area contributed by atoms with Gasteiger partial charge >= 0.3 is 0 Å². The van der Waals surface area contributed by atoms with Crippen LogP contribution in [-0.2, 0) is 11.2 Å². The minimum absolute atomic E-state index is 0.000782. The molecular weight excluding hydrogens is 306 g/mol. The Hall–Kier alpha value is -2.19. The predicted octanol–water partition coefficient (Wildman–Crippen LogP) is 3.83. The molecule has 0 fully saturated rings. The summed E-state index contributed by atoms with van der Waals surface area (Å²) in [5.41, 5.74) is 1.11. The number of nitriles is 1. The number of nitrogens with zero attached hydrogens (tertiary/aromatic N) is 3. The van der Waals surface area contributed by atoms with Crippen LogP contribution < -0.4 is 0 Å². The van der Waals surface area contributed by atoms with E-state index in [2.05, 4.69) is 18.0 Å². The normalized spacial score (nSPS) is 13.1. The number of thiazole rings is 1. The summed E-state index contributed by atoms with van der Waals surface area (Å²) in [5, 5.41) is 12.1. The van der Waals surface area contributed by atoms with Gasteiger partial charge in [0.1, 0.15) is 5.92 Å². The van der Waals surface area contributed by atoms with Gasteiger partial charge in [0, 0.05) is 25.0 Å². The van der Waals surface area contributed by atoms with Gasteiger partial charge in [-0.25, -0.2) is 4.98 Å². The van der Waals surface area contributed by atoms with E-state index in [9.17, 15) is 10.1 Å². The molecule has 2 atom stereocenters. The standard InChI is InChI=1S/C18H21N3OS/c1-3-7-16(14-8-5-4-6-9-14)21(2)18(22)15(13-19)12-17-20-10-11-23-17/h4-6,8-11,15-16H,3,7,12H2,1-2H3. The Morgan fingerprint density at radius 1 is 1.39 bits per heavy atom. The SMILES string of the molecule is CCCC(c1ccccc1)N(C)C(=O)C(C#N)Cc1nccs1. The molecule has 2 rings (SSSR count). The number of carbonyl (C=O) groups is 1. The lowest BCUT2D eigenvalue weighted by molar-refractivity contribution is -0.134. The smallest absolute Gasteiger partial charge is 0.240 e. The lowest BCUT2D eigenvalue weighted by Crippen LogP contribution is -2.36. The highest BCUT2D eigenvalue weighted by molar-refractivity contribution is 7.09. The number of amides is 1. The topological polar surface area (TPSA) is 57.0 Å². The van der Waals surface area contributed by atoms with E-state index >= 15 is 0 Å². The van der Waals surface area contributed by atoms with Crippen LogP contribution >= 0.6 is 11.3 Å². The molecule has 5 heteroatoms. The van der Waals surface area contributed by atoms with E-state index in [0.29, 0.717) is 6.42 Å². The summed E-state index contributed by atoms with van der Waals surface area (Å²) in [4.78, 5) is 18.7. The van der Waals surface area contributed by atoms with Gasteiger partial charge in [0.15, 0.2) is 0 Å². The van der Waals surface area contributed by atoms with Crippen LogP contribution in [0.3, 0.4) is 0 Å². The van der Waals surface area contributed by atoms with Crippen molar-refractivity contribution in [2.24, 2.45) is 5.92 Å². The van der Waals surface area contributed by atoms with E-state index in [4.69, 9.17) is 0 Å². The molecule has 0 N–H and O–H groups in total. The first kappa shape index (κ1) is 17.2. The van der Waals surface area contributed by atoms with Crippen LogP contribution in [0.1, 0.15) is 36.4 Å². The van der Waals surface area contributed by atoms with Crippen LogP contribution in [0.5, 0.6) is 0 Å². The van der Waals surface area contributed by atoms with Crippen molar-refractivity contribution in [2.75, 3.05) is 7.05 Å². The molecule has 1 aromatic carbocycles. The average molecular weight is 327 g/mol. The van der Waals surface area contributed by atoms with E-state index in [0.717, 1.165) is 23.4 Å². The number of hydrogen-bond donors (Lipinski definition) is 0. The van der Waals surface area contributed by atoms with Gasteiger partial charge in [0.05, 0.1) is 17.1 Å². The van der Waals surface area contributed by atoms with Crippen LogP contribution in [0.25, 0.3) is 0 Å². The van der Waals surface area contributed by atoms with Crippen LogP contribution in [0.4, 0.5) is 0 Å². The zero-order valence-corrected chi connectivity index (χ0v) is 14.3. The zero-order chi connectivity index (χ0) is 16.7. The molecule has 0 radical (unpaired) electrons. The Labute approximate surface area is 141 Å². The number of carbonyl (C=O) groups excluding carboxylic acids is 1. The van der Waals surface area contributed by atoms with Gasteiger partial charge in [-0.05, 0) is 12.0 Å². The van der Waals surface area contributed by atoms with Gasteiger partial charge in [-0.15, -0.1) is 11.3 Å². The maximum atomic E-state index is 12.8. The summed E-state index contributed by atoms with van der Waals surface area (Å²) >= 11 is 1.48. The molecule has 2 unspecified atom stereocenters. The molecule has 120 valence electrons. The molecule has 1 aromatic heterocycles. The molecule has 0 bridgehead atoms. The van der Waals surface area contributed by atoms with E-state index in [1.165, 1.54) is 11.3 Å². The van der Waals surface area contributed by atoms with Crippen molar-refractivity contribution in [1.29, 1.82) is 5.26 Å². The number of benzene rings is 1. The first-order chi connectivity index (χ1) is 11.2. The summed E-state index contributed by atoms with van der Waals surface area (Å²) < 4.78 is 0. The number of hydrogen-bond acceptors (Lipinski definition) is 4. The second-order valence-corrected chi connectivity index (χ2v) is 6.46. The molecule has 1 heterocycles. The second-order valence-electron chi connectivity index (χ2n) is 5.48. The Balaban J connectivity index is 2.16. The lowest BCUT2D eigenvalue weighted by atomic mass is 9.98. The largest absolute Gasteiger partial charge is 0.338 e. The van der Waals surface area contributed by atoms with Gasteiger partial charge < -0.3 is 4.90 Å². The summed E-state index contributed by atoms with van der Waals surface area (Å²) in [7, 11) is 1.79. The summed E-state index contributed by atoms with van der Waals surface area (Å²) in [6.07, 6.45) is 3.93. The average Bonchev–Trinajstić information content (AvgIpc) is 3.10. The Morgan fingerprint density at radius 2 is 2.13 bits per heavy atom. The number of rotatable bonds is 7. The molecule has 1 amide bonds. The molecule has 0 aliphatic heterocycles. The highest BCUT2D eigenvalue weighted by atomic mass is 32.1. The molecule has 0 aliphatic rings. The second kappa shape index (κ2) is 8.44. The van der Waals surface area contributed by atoms with Gasteiger partial charge in [0.2, 0.25) is 5.91 Å². The fraction of sp³-hybridized carbons (Fsp3) is 0.389. The Bertz CT molecular complexity index is 649.